The van der Waals surface area contributed by atoms with Crippen LogP contribution < -0.4 is 4.90 Å². The highest BCUT2D eigenvalue weighted by Gasteiger charge is 2.18. The number of benzene rings is 2. The van der Waals surface area contributed by atoms with Crippen molar-refractivity contribution in [2.75, 3.05) is 32.6 Å². The van der Waals surface area contributed by atoms with Gasteiger partial charge in [-0.3, -0.25) is 14.9 Å². The van der Waals surface area contributed by atoms with Crippen LogP contribution in [0.1, 0.15) is 21.5 Å². The van der Waals surface area contributed by atoms with Crippen molar-refractivity contribution in [1.82, 2.24) is 4.90 Å². The fourth-order valence-corrected chi connectivity index (χ4v) is 2.52. The highest BCUT2D eigenvalue weighted by Crippen LogP contribution is 2.20. The second-order valence-electron chi connectivity index (χ2n) is 6.65. The third-order valence-electron chi connectivity index (χ3n) is 4.27. The molecule has 0 aliphatic heterocycles. The Bertz CT molecular complexity index is 878. The molecule has 2 aromatic carbocycles. The molecular formula is C20H23N3O5. The summed E-state index contributed by atoms with van der Waals surface area (Å²) in [5.74, 6) is -1.15. The molecule has 0 N–H and O–H groups in total. The number of hydrogen-bond acceptors (Lipinski definition) is 6. The zero-order valence-corrected chi connectivity index (χ0v) is 16.3. The van der Waals surface area contributed by atoms with Crippen LogP contribution in [0, 0.1) is 17.0 Å². The maximum absolute atomic E-state index is 12.2. The number of rotatable bonds is 7. The van der Waals surface area contributed by atoms with Gasteiger partial charge in [0.05, 0.1) is 10.5 Å². The monoisotopic (exact) mass is 385 g/mol. The quantitative estimate of drug-likeness (QED) is 0.413. The molecule has 2 rings (SSSR count). The first-order valence-electron chi connectivity index (χ1n) is 8.61. The first-order valence-corrected chi connectivity index (χ1v) is 8.61. The lowest BCUT2D eigenvalue weighted by Crippen LogP contribution is -2.30. The van der Waals surface area contributed by atoms with Crippen molar-refractivity contribution in [3.63, 3.8) is 0 Å². The third kappa shape index (κ3) is 5.29. The zero-order valence-electron chi connectivity index (χ0n) is 16.3. The maximum atomic E-state index is 12.2. The topological polar surface area (TPSA) is 93.0 Å². The largest absolute Gasteiger partial charge is 0.452 e. The Labute approximate surface area is 163 Å². The normalized spacial score (nSPS) is 10.3. The first-order chi connectivity index (χ1) is 13.2. The highest BCUT2D eigenvalue weighted by molar-refractivity contribution is 5.92. The van der Waals surface area contributed by atoms with Crippen LogP contribution >= 0.6 is 0 Å². The van der Waals surface area contributed by atoms with Gasteiger partial charge >= 0.3 is 5.97 Å². The van der Waals surface area contributed by atoms with Gasteiger partial charge in [-0.2, -0.15) is 0 Å². The molecule has 0 aliphatic carbocycles. The van der Waals surface area contributed by atoms with Crippen molar-refractivity contribution in [1.29, 1.82) is 0 Å². The highest BCUT2D eigenvalue weighted by atomic mass is 16.6. The van der Waals surface area contributed by atoms with E-state index in [0.717, 1.165) is 17.3 Å². The smallest absolute Gasteiger partial charge is 0.338 e. The number of nitro groups is 1. The molecule has 0 bridgehead atoms. The lowest BCUT2D eigenvalue weighted by Gasteiger charge is -2.18. The third-order valence-corrected chi connectivity index (χ3v) is 4.27. The van der Waals surface area contributed by atoms with Crippen molar-refractivity contribution in [2.24, 2.45) is 0 Å². The summed E-state index contributed by atoms with van der Waals surface area (Å²) in [5, 5.41) is 11.0. The van der Waals surface area contributed by atoms with Crippen LogP contribution in [0.4, 0.5) is 11.4 Å². The van der Waals surface area contributed by atoms with E-state index in [0.29, 0.717) is 12.1 Å². The summed E-state index contributed by atoms with van der Waals surface area (Å²) in [5.41, 5.74) is 2.31. The summed E-state index contributed by atoms with van der Waals surface area (Å²) in [6, 6.07) is 11.8. The van der Waals surface area contributed by atoms with Gasteiger partial charge in [0.1, 0.15) is 0 Å². The predicted molar refractivity (Wildman–Crippen MR) is 105 cm³/mol. The molecule has 28 heavy (non-hydrogen) atoms. The van der Waals surface area contributed by atoms with Gasteiger partial charge in [0.15, 0.2) is 6.61 Å². The molecular weight excluding hydrogens is 362 g/mol. The van der Waals surface area contributed by atoms with Crippen LogP contribution in [-0.4, -0.2) is 49.4 Å². The number of aryl methyl sites for hydroxylation is 1. The van der Waals surface area contributed by atoms with Crippen LogP contribution in [0.3, 0.4) is 0 Å². The summed E-state index contributed by atoms with van der Waals surface area (Å²) in [7, 11) is 5.51. The molecule has 0 saturated carbocycles. The molecule has 0 aromatic heterocycles. The van der Waals surface area contributed by atoms with Gasteiger partial charge in [0.2, 0.25) is 0 Å². The fourth-order valence-electron chi connectivity index (χ4n) is 2.52. The van der Waals surface area contributed by atoms with E-state index in [2.05, 4.69) is 0 Å². The number of nitrogens with zero attached hydrogens (tertiary/aromatic N) is 3. The Morgan fingerprint density at radius 2 is 1.71 bits per heavy atom. The summed E-state index contributed by atoms with van der Waals surface area (Å²) < 4.78 is 5.01. The molecule has 148 valence electrons. The lowest BCUT2D eigenvalue weighted by atomic mass is 10.1. The number of ether oxygens (including phenoxy) is 1. The molecule has 1 amide bonds. The van der Waals surface area contributed by atoms with Gasteiger partial charge in [-0.15, -0.1) is 0 Å². The molecule has 0 saturated heterocycles. The molecule has 0 heterocycles. The van der Waals surface area contributed by atoms with Gasteiger partial charge in [0, 0.05) is 45.0 Å². The molecule has 2 aromatic rings. The Kier molecular flexibility index (Phi) is 6.70. The Hall–Kier alpha value is -3.42. The number of nitro benzene ring substituents is 1. The number of anilines is 1. The number of carbonyl (C=O) groups is 2. The Morgan fingerprint density at radius 1 is 1.07 bits per heavy atom. The molecule has 8 nitrogen and oxygen atoms in total. The summed E-state index contributed by atoms with van der Waals surface area (Å²) in [6.45, 7) is 1.52. The maximum Gasteiger partial charge on any atom is 0.338 e. The first kappa shape index (κ1) is 20.9. The van der Waals surface area contributed by atoms with Crippen molar-refractivity contribution >= 4 is 23.3 Å². The van der Waals surface area contributed by atoms with Crippen LogP contribution in [0.2, 0.25) is 0 Å². The predicted octanol–water partition coefficient (Wildman–Crippen LogP) is 2.78. The van der Waals surface area contributed by atoms with Crippen molar-refractivity contribution in [3.8, 4) is 0 Å². The lowest BCUT2D eigenvalue weighted by molar-refractivity contribution is -0.385. The van der Waals surface area contributed by atoms with Crippen molar-refractivity contribution in [2.45, 2.75) is 13.5 Å². The summed E-state index contributed by atoms with van der Waals surface area (Å²) in [6.07, 6.45) is 0. The molecule has 0 radical (unpaired) electrons. The van der Waals surface area contributed by atoms with Gasteiger partial charge in [-0.25, -0.2) is 4.79 Å². The van der Waals surface area contributed by atoms with Gasteiger partial charge in [0.25, 0.3) is 11.6 Å². The molecule has 0 atom stereocenters. The number of carbonyl (C=O) groups excluding carboxylic acids is 2. The van der Waals surface area contributed by atoms with E-state index in [-0.39, 0.29) is 17.2 Å². The number of esters is 1. The van der Waals surface area contributed by atoms with Gasteiger partial charge in [-0.05, 0) is 30.7 Å². The van der Waals surface area contributed by atoms with E-state index in [1.165, 1.54) is 17.0 Å². The van der Waals surface area contributed by atoms with E-state index < -0.39 is 17.5 Å². The van der Waals surface area contributed by atoms with Crippen molar-refractivity contribution in [3.05, 3.63) is 69.3 Å². The minimum atomic E-state index is -0.778. The molecule has 0 unspecified atom stereocenters. The summed E-state index contributed by atoms with van der Waals surface area (Å²) in [4.78, 5) is 38.2. The van der Waals surface area contributed by atoms with E-state index in [1.807, 2.05) is 43.3 Å². The van der Waals surface area contributed by atoms with E-state index >= 15 is 0 Å². The average Bonchev–Trinajstić information content (AvgIpc) is 2.66. The van der Waals surface area contributed by atoms with Crippen LogP contribution in [0.15, 0.2) is 42.5 Å². The van der Waals surface area contributed by atoms with Crippen LogP contribution in [0.25, 0.3) is 0 Å². The molecule has 0 spiro atoms. The standard InChI is InChI=1S/C20H23N3O5/c1-14-5-8-16(11-18(14)23(26)27)20(25)28-13-19(24)22(4)12-15-6-9-17(10-7-15)21(2)3/h5-11H,12-13H2,1-4H3. The number of amides is 1. The zero-order chi connectivity index (χ0) is 20.8. The average molecular weight is 385 g/mol. The molecule has 8 heteroatoms. The van der Waals surface area contributed by atoms with E-state index in [9.17, 15) is 19.7 Å². The second-order valence-corrected chi connectivity index (χ2v) is 6.65. The van der Waals surface area contributed by atoms with Gasteiger partial charge in [-0.1, -0.05) is 18.2 Å². The second kappa shape index (κ2) is 8.98. The van der Waals surface area contributed by atoms with Crippen LogP contribution in [-0.2, 0) is 16.1 Å². The van der Waals surface area contributed by atoms with E-state index in [4.69, 9.17) is 4.74 Å². The molecule has 0 aliphatic rings. The van der Waals surface area contributed by atoms with E-state index in [1.54, 1.807) is 14.0 Å². The fraction of sp³-hybridized carbons (Fsp3) is 0.300. The van der Waals surface area contributed by atoms with Crippen LogP contribution in [0.5, 0.6) is 0 Å². The minimum Gasteiger partial charge on any atom is -0.452 e. The number of likely N-dealkylation sites (N-methyl/N-ethyl adjacent to an activating group) is 1. The Morgan fingerprint density at radius 3 is 2.29 bits per heavy atom. The van der Waals surface area contributed by atoms with Gasteiger partial charge < -0.3 is 14.5 Å². The summed E-state index contributed by atoms with van der Waals surface area (Å²) >= 11 is 0. The minimum absolute atomic E-state index is 0.0343. The number of hydrogen-bond donors (Lipinski definition) is 0. The Balaban J connectivity index is 1.92. The molecule has 0 fully saturated rings. The SMILES string of the molecule is Cc1ccc(C(=O)OCC(=O)N(C)Cc2ccc(N(C)C)cc2)cc1[N+](=O)[O-]. The van der Waals surface area contributed by atoms with Crippen molar-refractivity contribution < 1.29 is 19.2 Å².